The minimum absolute atomic E-state index is 0.0470. The number of hydrogen-bond donors (Lipinski definition) is 2. The molecule has 0 spiro atoms. The molecule has 4 aromatic rings. The van der Waals surface area contributed by atoms with E-state index in [1.165, 1.54) is 13.2 Å². The molecule has 0 fully saturated rings. The molecule has 2 heterocycles. The highest BCUT2D eigenvalue weighted by Gasteiger charge is 2.22. The van der Waals surface area contributed by atoms with E-state index in [1.54, 1.807) is 24.5 Å². The molecule has 36 heavy (non-hydrogen) atoms. The fraction of sp³-hybridized carbons (Fsp3) is 0.240. The van der Waals surface area contributed by atoms with Gasteiger partial charge in [-0.1, -0.05) is 30.3 Å². The number of nitrogens with one attached hydrogen (secondary N) is 2. The minimum Gasteiger partial charge on any atom is -0.494 e. The molecular weight excluding hydrogens is 460 g/mol. The van der Waals surface area contributed by atoms with Crippen molar-refractivity contribution in [3.05, 3.63) is 71.0 Å². The van der Waals surface area contributed by atoms with Gasteiger partial charge in [-0.3, -0.25) is 10.1 Å². The Hall–Kier alpha value is -4.51. The van der Waals surface area contributed by atoms with Crippen molar-refractivity contribution >= 4 is 23.0 Å². The van der Waals surface area contributed by atoms with Crippen LogP contribution in [-0.2, 0) is 0 Å². The normalized spacial score (nSPS) is 10.9. The summed E-state index contributed by atoms with van der Waals surface area (Å²) in [5.74, 6) is 1.27. The number of likely N-dealkylation sites (N-methyl/N-ethyl adjacent to an activating group) is 2. The van der Waals surface area contributed by atoms with Crippen LogP contribution in [0.3, 0.4) is 0 Å². The van der Waals surface area contributed by atoms with E-state index in [4.69, 9.17) is 4.74 Å². The van der Waals surface area contributed by atoms with Crippen LogP contribution in [0.5, 0.6) is 5.75 Å². The van der Waals surface area contributed by atoms with Crippen LogP contribution in [0.15, 0.2) is 60.9 Å². The first-order valence-electron chi connectivity index (χ1n) is 11.3. The highest BCUT2D eigenvalue weighted by atomic mass is 16.6. The molecule has 2 aromatic heterocycles. The van der Waals surface area contributed by atoms with E-state index in [2.05, 4.69) is 25.3 Å². The van der Waals surface area contributed by atoms with Crippen LogP contribution in [0.25, 0.3) is 22.8 Å². The topological polar surface area (TPSA) is 125 Å². The standard InChI is InChI=1S/C25H28N8O3/c1-31(2)12-13-32(3)21-15-23(36-4)19(14-22(21)33(34)35)30-25-26-11-10-18(29-25)24-27-16-20(28-24)17-8-6-5-7-9-17/h5-11,14-16H,12-13H2,1-4H3,(H,27,28)(H,26,29,30). The van der Waals surface area contributed by atoms with Crippen molar-refractivity contribution in [3.8, 4) is 28.5 Å². The second-order valence-corrected chi connectivity index (χ2v) is 8.43. The number of ether oxygens (including phenoxy) is 1. The maximum atomic E-state index is 11.9. The third-order valence-electron chi connectivity index (χ3n) is 5.59. The minimum atomic E-state index is -0.405. The molecule has 186 valence electrons. The van der Waals surface area contributed by atoms with Crippen LogP contribution in [0.1, 0.15) is 0 Å². The van der Waals surface area contributed by atoms with Gasteiger partial charge in [-0.25, -0.2) is 15.0 Å². The monoisotopic (exact) mass is 488 g/mol. The highest BCUT2D eigenvalue weighted by molar-refractivity contribution is 5.77. The number of anilines is 3. The van der Waals surface area contributed by atoms with Gasteiger partial charge in [-0.05, 0) is 25.7 Å². The lowest BCUT2D eigenvalue weighted by atomic mass is 10.2. The van der Waals surface area contributed by atoms with E-state index in [-0.39, 0.29) is 11.6 Å². The lowest BCUT2D eigenvalue weighted by Gasteiger charge is -2.22. The summed E-state index contributed by atoms with van der Waals surface area (Å²) < 4.78 is 5.54. The maximum Gasteiger partial charge on any atom is 0.294 e. The van der Waals surface area contributed by atoms with Gasteiger partial charge < -0.3 is 24.8 Å². The maximum absolute atomic E-state index is 11.9. The predicted octanol–water partition coefficient (Wildman–Crippen LogP) is 4.19. The number of methoxy groups -OCH3 is 1. The van der Waals surface area contributed by atoms with Crippen molar-refractivity contribution < 1.29 is 9.66 Å². The van der Waals surface area contributed by atoms with Gasteiger partial charge in [0.2, 0.25) is 5.95 Å². The average molecular weight is 489 g/mol. The summed E-state index contributed by atoms with van der Waals surface area (Å²) >= 11 is 0. The van der Waals surface area contributed by atoms with Crippen molar-refractivity contribution in [2.75, 3.05) is 51.6 Å². The number of nitrogens with zero attached hydrogens (tertiary/aromatic N) is 6. The summed E-state index contributed by atoms with van der Waals surface area (Å²) in [5, 5.41) is 14.9. The van der Waals surface area contributed by atoms with Crippen molar-refractivity contribution in [3.63, 3.8) is 0 Å². The van der Waals surface area contributed by atoms with E-state index in [0.717, 1.165) is 17.8 Å². The number of nitro groups is 1. The second kappa shape index (κ2) is 10.8. The average Bonchev–Trinajstić information content (AvgIpc) is 3.38. The van der Waals surface area contributed by atoms with Crippen LogP contribution in [0.4, 0.5) is 23.0 Å². The van der Waals surface area contributed by atoms with E-state index in [0.29, 0.717) is 35.2 Å². The van der Waals surface area contributed by atoms with Crippen LogP contribution in [-0.4, -0.2) is 71.1 Å². The number of aromatic amines is 1. The Morgan fingerprint density at radius 2 is 1.86 bits per heavy atom. The fourth-order valence-electron chi connectivity index (χ4n) is 3.63. The molecule has 0 bridgehead atoms. The van der Waals surface area contributed by atoms with Gasteiger partial charge >= 0.3 is 0 Å². The first kappa shape index (κ1) is 24.6. The molecule has 2 aromatic carbocycles. The van der Waals surface area contributed by atoms with Crippen LogP contribution < -0.4 is 15.0 Å². The molecule has 2 N–H and O–H groups in total. The highest BCUT2D eigenvalue weighted by Crippen LogP contribution is 2.39. The van der Waals surface area contributed by atoms with Crippen molar-refractivity contribution in [1.82, 2.24) is 24.8 Å². The molecule has 0 amide bonds. The summed E-state index contributed by atoms with van der Waals surface area (Å²) in [4.78, 5) is 31.9. The summed E-state index contributed by atoms with van der Waals surface area (Å²) in [6, 6.07) is 14.7. The third-order valence-corrected chi connectivity index (χ3v) is 5.59. The van der Waals surface area contributed by atoms with Crippen LogP contribution in [0, 0.1) is 10.1 Å². The van der Waals surface area contributed by atoms with Crippen molar-refractivity contribution in [1.29, 1.82) is 0 Å². The van der Waals surface area contributed by atoms with Crippen molar-refractivity contribution in [2.45, 2.75) is 0 Å². The van der Waals surface area contributed by atoms with Crippen LogP contribution in [0.2, 0.25) is 0 Å². The molecule has 0 saturated carbocycles. The molecular formula is C25H28N8O3. The molecule has 0 aliphatic heterocycles. The van der Waals surface area contributed by atoms with Gasteiger partial charge in [0.25, 0.3) is 5.69 Å². The first-order chi connectivity index (χ1) is 17.4. The number of hydrogen-bond acceptors (Lipinski definition) is 9. The van der Waals surface area contributed by atoms with Gasteiger partial charge in [0, 0.05) is 38.5 Å². The number of H-pyrrole nitrogens is 1. The smallest absolute Gasteiger partial charge is 0.294 e. The molecule has 0 aliphatic carbocycles. The number of rotatable bonds is 10. The van der Waals surface area contributed by atoms with E-state index in [9.17, 15) is 10.1 Å². The Morgan fingerprint density at radius 3 is 2.56 bits per heavy atom. The predicted molar refractivity (Wildman–Crippen MR) is 140 cm³/mol. The number of imidazole rings is 1. The van der Waals surface area contributed by atoms with E-state index < -0.39 is 4.92 Å². The number of aromatic nitrogens is 4. The summed E-state index contributed by atoms with van der Waals surface area (Å²) in [6.07, 6.45) is 3.34. The quantitative estimate of drug-likeness (QED) is 0.250. The zero-order chi connectivity index (χ0) is 25.7. The zero-order valence-electron chi connectivity index (χ0n) is 20.6. The second-order valence-electron chi connectivity index (χ2n) is 8.43. The van der Waals surface area contributed by atoms with E-state index >= 15 is 0 Å². The molecule has 0 aliphatic rings. The van der Waals surface area contributed by atoms with Gasteiger partial charge in [-0.15, -0.1) is 0 Å². The Balaban J connectivity index is 1.62. The fourth-order valence-corrected chi connectivity index (χ4v) is 3.63. The van der Waals surface area contributed by atoms with Gasteiger partial charge in [0.1, 0.15) is 17.1 Å². The van der Waals surface area contributed by atoms with Gasteiger partial charge in [-0.2, -0.15) is 0 Å². The Bertz CT molecular complexity index is 1340. The summed E-state index contributed by atoms with van der Waals surface area (Å²) in [6.45, 7) is 1.36. The Kier molecular flexibility index (Phi) is 7.40. The summed E-state index contributed by atoms with van der Waals surface area (Å²) in [7, 11) is 7.24. The molecule has 0 saturated heterocycles. The Morgan fingerprint density at radius 1 is 1.08 bits per heavy atom. The molecule has 0 unspecified atom stereocenters. The third kappa shape index (κ3) is 5.58. The molecule has 11 heteroatoms. The molecule has 4 rings (SSSR count). The zero-order valence-corrected chi connectivity index (χ0v) is 20.6. The van der Waals surface area contributed by atoms with Crippen molar-refractivity contribution in [2.24, 2.45) is 0 Å². The molecule has 0 atom stereocenters. The number of nitro benzene ring substituents is 1. The number of benzene rings is 2. The SMILES string of the molecule is COc1cc(N(C)CCN(C)C)c([N+](=O)[O-])cc1Nc1nccc(-c2ncc(-c3ccccc3)[nH]2)n1. The van der Waals surface area contributed by atoms with E-state index in [1.807, 2.05) is 61.3 Å². The molecule has 0 radical (unpaired) electrons. The van der Waals surface area contributed by atoms with Crippen LogP contribution >= 0.6 is 0 Å². The molecule has 11 nitrogen and oxygen atoms in total. The van der Waals surface area contributed by atoms with Gasteiger partial charge in [0.05, 0.1) is 29.6 Å². The lowest BCUT2D eigenvalue weighted by Crippen LogP contribution is -2.28. The largest absolute Gasteiger partial charge is 0.494 e. The lowest BCUT2D eigenvalue weighted by molar-refractivity contribution is -0.384. The van der Waals surface area contributed by atoms with Gasteiger partial charge in [0.15, 0.2) is 5.82 Å². The first-order valence-corrected chi connectivity index (χ1v) is 11.3. The summed E-state index contributed by atoms with van der Waals surface area (Å²) in [5.41, 5.74) is 3.25. The Labute approximate surface area is 208 Å².